The van der Waals surface area contributed by atoms with Crippen LogP contribution in [-0.4, -0.2) is 29.2 Å². The third-order valence-electron chi connectivity index (χ3n) is 3.74. The Morgan fingerprint density at radius 1 is 1.04 bits per heavy atom. The summed E-state index contributed by atoms with van der Waals surface area (Å²) in [6.07, 6.45) is 0.831. The molecule has 0 aliphatic rings. The first-order valence-corrected chi connectivity index (χ1v) is 9.13. The van der Waals surface area contributed by atoms with E-state index in [0.717, 1.165) is 42.1 Å². The predicted octanol–water partition coefficient (Wildman–Crippen LogP) is -2.34. The summed E-state index contributed by atoms with van der Waals surface area (Å²) < 4.78 is 33.2. The molecule has 25 heavy (non-hydrogen) atoms. The fourth-order valence-electron chi connectivity index (χ4n) is 2.49. The Morgan fingerprint density at radius 2 is 1.72 bits per heavy atom. The minimum absolute atomic E-state index is 0. The van der Waals surface area contributed by atoms with Crippen molar-refractivity contribution in [2.45, 2.75) is 17.9 Å². The number of hydrogen-bond donors (Lipinski definition) is 2. The van der Waals surface area contributed by atoms with Crippen molar-refractivity contribution in [2.75, 3.05) is 20.8 Å². The van der Waals surface area contributed by atoms with Crippen molar-refractivity contribution < 1.29 is 35.6 Å². The van der Waals surface area contributed by atoms with E-state index in [1.165, 1.54) is 12.1 Å². The number of primary sulfonamides is 1. The number of methoxy groups -OCH3 is 2. The van der Waals surface area contributed by atoms with Crippen LogP contribution in [0.25, 0.3) is 0 Å². The maximum absolute atomic E-state index is 11.2. The first kappa shape index (κ1) is 21.2. The van der Waals surface area contributed by atoms with E-state index < -0.39 is 10.0 Å². The summed E-state index contributed by atoms with van der Waals surface area (Å²) in [7, 11) is -0.374. The van der Waals surface area contributed by atoms with Gasteiger partial charge < -0.3 is 27.2 Å². The first-order valence-electron chi connectivity index (χ1n) is 7.59. The Kier molecular flexibility index (Phi) is 8.18. The molecule has 0 unspecified atom stereocenters. The third-order valence-corrected chi connectivity index (χ3v) is 4.67. The number of hydrogen-bond acceptors (Lipinski definition) is 4. The van der Waals surface area contributed by atoms with Crippen LogP contribution in [-0.2, 0) is 23.0 Å². The fraction of sp³-hybridized carbons (Fsp3) is 0.294. The standard InChI is InChI=1S/C17H22N2O4S.ClH/c1-22-16-5-3-4-14(17(16)23-2)12-19-11-10-13-6-8-15(9-7-13)24(18,20)21;/h3-9,19H,10-12H2,1-2H3,(H2,18,20,21);1H. The van der Waals surface area contributed by atoms with Gasteiger partial charge in [0.1, 0.15) is 6.54 Å². The minimum Gasteiger partial charge on any atom is -1.00 e. The van der Waals surface area contributed by atoms with Crippen LogP contribution in [0, 0.1) is 0 Å². The normalized spacial score (nSPS) is 10.8. The number of benzene rings is 2. The molecular weight excluding hydrogens is 364 g/mol. The Bertz CT molecular complexity index is 780. The SMILES string of the molecule is COc1cccc(C[NH2+]CCc2ccc(S(N)(=O)=O)cc2)c1OC.[Cl-]. The molecule has 2 rings (SSSR count). The predicted molar refractivity (Wildman–Crippen MR) is 91.6 cm³/mol. The van der Waals surface area contributed by atoms with Gasteiger partial charge in [-0.1, -0.05) is 18.2 Å². The maximum Gasteiger partial charge on any atom is 0.238 e. The van der Waals surface area contributed by atoms with Crippen LogP contribution in [0.1, 0.15) is 11.1 Å². The van der Waals surface area contributed by atoms with E-state index in [2.05, 4.69) is 5.32 Å². The van der Waals surface area contributed by atoms with Crippen molar-refractivity contribution in [2.24, 2.45) is 5.14 Å². The Balaban J connectivity index is 0.00000312. The zero-order valence-corrected chi connectivity index (χ0v) is 15.8. The summed E-state index contributed by atoms with van der Waals surface area (Å²) >= 11 is 0. The molecular formula is C17H23ClN2O4S. The summed E-state index contributed by atoms with van der Waals surface area (Å²) in [4.78, 5) is 0.136. The summed E-state index contributed by atoms with van der Waals surface area (Å²) in [6, 6.07) is 12.5. The Morgan fingerprint density at radius 3 is 2.28 bits per heavy atom. The molecule has 0 heterocycles. The molecule has 0 amide bonds. The zero-order chi connectivity index (χ0) is 17.6. The molecule has 2 aromatic carbocycles. The molecule has 4 N–H and O–H groups in total. The maximum atomic E-state index is 11.2. The van der Waals surface area contributed by atoms with Gasteiger partial charge in [0.25, 0.3) is 0 Å². The molecule has 0 fully saturated rings. The van der Waals surface area contributed by atoms with Crippen LogP contribution in [0.2, 0.25) is 0 Å². The lowest BCUT2D eigenvalue weighted by Gasteiger charge is -2.11. The third kappa shape index (κ3) is 5.89. The molecule has 0 aliphatic heterocycles. The molecule has 0 saturated carbocycles. The topological polar surface area (TPSA) is 95.2 Å². The van der Waals surface area contributed by atoms with E-state index in [1.54, 1.807) is 26.4 Å². The number of rotatable bonds is 8. The highest BCUT2D eigenvalue weighted by atomic mass is 35.5. The van der Waals surface area contributed by atoms with Crippen molar-refractivity contribution in [1.82, 2.24) is 0 Å². The van der Waals surface area contributed by atoms with E-state index >= 15 is 0 Å². The van der Waals surface area contributed by atoms with Gasteiger partial charge in [-0.15, -0.1) is 0 Å². The van der Waals surface area contributed by atoms with Crippen molar-refractivity contribution in [3.63, 3.8) is 0 Å². The smallest absolute Gasteiger partial charge is 0.238 e. The van der Waals surface area contributed by atoms with Crippen LogP contribution < -0.4 is 32.3 Å². The van der Waals surface area contributed by atoms with Crippen molar-refractivity contribution >= 4 is 10.0 Å². The largest absolute Gasteiger partial charge is 1.00 e. The van der Waals surface area contributed by atoms with Crippen LogP contribution in [0.15, 0.2) is 47.4 Å². The van der Waals surface area contributed by atoms with Crippen LogP contribution in [0.3, 0.4) is 0 Å². The van der Waals surface area contributed by atoms with E-state index in [0.29, 0.717) is 0 Å². The number of ether oxygens (including phenoxy) is 2. The Labute approximate surface area is 154 Å². The second-order valence-electron chi connectivity index (χ2n) is 5.37. The summed E-state index contributed by atoms with van der Waals surface area (Å²) in [5, 5.41) is 7.26. The van der Waals surface area contributed by atoms with Gasteiger partial charge in [0.2, 0.25) is 10.0 Å². The van der Waals surface area contributed by atoms with Crippen molar-refractivity contribution in [3.05, 3.63) is 53.6 Å². The monoisotopic (exact) mass is 386 g/mol. The average molecular weight is 387 g/mol. The number of halogens is 1. The molecule has 0 radical (unpaired) electrons. The van der Waals surface area contributed by atoms with Gasteiger partial charge in [-0.2, -0.15) is 0 Å². The van der Waals surface area contributed by atoms with Gasteiger partial charge in [-0.3, -0.25) is 0 Å². The Hall–Kier alpha value is -1.80. The van der Waals surface area contributed by atoms with Crippen LogP contribution >= 0.6 is 0 Å². The minimum atomic E-state index is -3.63. The molecule has 0 aromatic heterocycles. The molecule has 8 heteroatoms. The lowest BCUT2D eigenvalue weighted by atomic mass is 10.1. The highest BCUT2D eigenvalue weighted by molar-refractivity contribution is 7.89. The average Bonchev–Trinajstić information content (AvgIpc) is 2.58. The molecule has 0 aliphatic carbocycles. The van der Waals surface area contributed by atoms with Gasteiger partial charge in [0.15, 0.2) is 11.5 Å². The van der Waals surface area contributed by atoms with Gasteiger partial charge in [-0.25, -0.2) is 13.6 Å². The van der Waals surface area contributed by atoms with Gasteiger partial charge >= 0.3 is 0 Å². The fourth-order valence-corrected chi connectivity index (χ4v) is 3.00. The first-order chi connectivity index (χ1) is 11.5. The number of para-hydroxylation sites is 1. The highest BCUT2D eigenvalue weighted by Crippen LogP contribution is 2.29. The molecule has 0 spiro atoms. The highest BCUT2D eigenvalue weighted by Gasteiger charge is 2.11. The molecule has 0 saturated heterocycles. The zero-order valence-electron chi connectivity index (χ0n) is 14.2. The second-order valence-corrected chi connectivity index (χ2v) is 6.93. The second kappa shape index (κ2) is 9.62. The molecule has 6 nitrogen and oxygen atoms in total. The van der Waals surface area contributed by atoms with E-state index in [1.807, 2.05) is 18.2 Å². The van der Waals surface area contributed by atoms with E-state index in [-0.39, 0.29) is 17.3 Å². The van der Waals surface area contributed by atoms with E-state index in [4.69, 9.17) is 14.6 Å². The lowest BCUT2D eigenvalue weighted by molar-refractivity contribution is -0.670. The van der Waals surface area contributed by atoms with Gasteiger partial charge in [-0.05, 0) is 29.8 Å². The number of nitrogens with two attached hydrogens (primary N) is 2. The lowest BCUT2D eigenvalue weighted by Crippen LogP contribution is -3.00. The number of sulfonamides is 1. The molecule has 0 atom stereocenters. The molecule has 138 valence electrons. The molecule has 2 aromatic rings. The number of quaternary nitrogens is 1. The summed E-state index contributed by atoms with van der Waals surface area (Å²) in [6.45, 7) is 1.64. The van der Waals surface area contributed by atoms with Crippen molar-refractivity contribution in [3.8, 4) is 11.5 Å². The van der Waals surface area contributed by atoms with Crippen LogP contribution in [0.5, 0.6) is 11.5 Å². The quantitative estimate of drug-likeness (QED) is 0.497. The van der Waals surface area contributed by atoms with E-state index in [9.17, 15) is 8.42 Å². The van der Waals surface area contributed by atoms with Gasteiger partial charge in [0, 0.05) is 6.42 Å². The van der Waals surface area contributed by atoms with Crippen LogP contribution in [0.4, 0.5) is 0 Å². The van der Waals surface area contributed by atoms with Crippen molar-refractivity contribution in [1.29, 1.82) is 0 Å². The molecule has 0 bridgehead atoms. The summed E-state index contributed by atoms with van der Waals surface area (Å²) in [5.74, 6) is 1.48. The summed E-state index contributed by atoms with van der Waals surface area (Å²) in [5.41, 5.74) is 2.14. The van der Waals surface area contributed by atoms with Gasteiger partial charge in [0.05, 0.1) is 31.2 Å².